The second-order valence-corrected chi connectivity index (χ2v) is 6.60. The van der Waals surface area contributed by atoms with Gasteiger partial charge in [0.1, 0.15) is 5.82 Å². The van der Waals surface area contributed by atoms with Gasteiger partial charge < -0.3 is 5.32 Å². The first-order valence-electron chi connectivity index (χ1n) is 6.38. The SMILES string of the molecule is CNC(Cc1cc(F)cc(Br)c1)c1ccc(C)c(Br)c1. The zero-order valence-corrected chi connectivity index (χ0v) is 14.6. The van der Waals surface area contributed by atoms with Crippen LogP contribution in [-0.4, -0.2) is 7.05 Å². The molecule has 106 valence electrons. The number of rotatable bonds is 4. The van der Waals surface area contributed by atoms with Crippen LogP contribution in [0.25, 0.3) is 0 Å². The van der Waals surface area contributed by atoms with Gasteiger partial charge in [0.05, 0.1) is 0 Å². The Morgan fingerprint density at radius 2 is 1.90 bits per heavy atom. The van der Waals surface area contributed by atoms with Crippen LogP contribution in [0.4, 0.5) is 4.39 Å². The van der Waals surface area contributed by atoms with Crippen LogP contribution in [0, 0.1) is 12.7 Å². The molecule has 0 fully saturated rings. The molecule has 4 heteroatoms. The highest BCUT2D eigenvalue weighted by Crippen LogP contribution is 2.25. The van der Waals surface area contributed by atoms with Gasteiger partial charge >= 0.3 is 0 Å². The third-order valence-electron chi connectivity index (χ3n) is 3.31. The van der Waals surface area contributed by atoms with Crippen molar-refractivity contribution in [1.29, 1.82) is 0 Å². The highest BCUT2D eigenvalue weighted by Gasteiger charge is 2.12. The van der Waals surface area contributed by atoms with Gasteiger partial charge in [-0.25, -0.2) is 4.39 Å². The summed E-state index contributed by atoms with van der Waals surface area (Å²) in [5, 5.41) is 3.29. The highest BCUT2D eigenvalue weighted by molar-refractivity contribution is 9.10. The third-order valence-corrected chi connectivity index (χ3v) is 4.62. The van der Waals surface area contributed by atoms with E-state index in [0.717, 1.165) is 20.9 Å². The lowest BCUT2D eigenvalue weighted by molar-refractivity contribution is 0.583. The molecule has 0 heterocycles. The van der Waals surface area contributed by atoms with E-state index < -0.39 is 0 Å². The van der Waals surface area contributed by atoms with Crippen molar-refractivity contribution in [3.8, 4) is 0 Å². The first-order valence-corrected chi connectivity index (χ1v) is 7.96. The van der Waals surface area contributed by atoms with Gasteiger partial charge in [-0.2, -0.15) is 0 Å². The quantitative estimate of drug-likeness (QED) is 0.747. The molecule has 0 saturated carbocycles. The number of benzene rings is 2. The lowest BCUT2D eigenvalue weighted by Crippen LogP contribution is -2.19. The van der Waals surface area contributed by atoms with E-state index in [2.05, 4.69) is 62.3 Å². The Labute approximate surface area is 135 Å². The number of hydrogen-bond acceptors (Lipinski definition) is 1. The maximum atomic E-state index is 13.4. The second kappa shape index (κ2) is 6.83. The molecule has 20 heavy (non-hydrogen) atoms. The maximum Gasteiger partial charge on any atom is 0.124 e. The molecular formula is C16H16Br2FN. The van der Waals surface area contributed by atoms with Crippen molar-refractivity contribution in [2.75, 3.05) is 7.05 Å². The molecule has 1 nitrogen and oxygen atoms in total. The molecular weight excluding hydrogens is 385 g/mol. The van der Waals surface area contributed by atoms with Crippen LogP contribution < -0.4 is 5.32 Å². The first-order chi connectivity index (χ1) is 9.49. The molecule has 1 atom stereocenters. The average Bonchev–Trinajstić information content (AvgIpc) is 2.38. The molecule has 1 N–H and O–H groups in total. The van der Waals surface area contributed by atoms with Gasteiger partial charge in [0.2, 0.25) is 0 Å². The average molecular weight is 401 g/mol. The van der Waals surface area contributed by atoms with Crippen molar-refractivity contribution in [2.45, 2.75) is 19.4 Å². The maximum absolute atomic E-state index is 13.4. The van der Waals surface area contributed by atoms with Gasteiger partial charge in [0.15, 0.2) is 0 Å². The molecule has 0 amide bonds. The van der Waals surface area contributed by atoms with Crippen LogP contribution in [0.3, 0.4) is 0 Å². The van der Waals surface area contributed by atoms with E-state index in [4.69, 9.17) is 0 Å². The lowest BCUT2D eigenvalue weighted by atomic mass is 9.98. The van der Waals surface area contributed by atoms with Gasteiger partial charge in [-0.05, 0) is 61.3 Å². The van der Waals surface area contributed by atoms with Crippen LogP contribution >= 0.6 is 31.9 Å². The van der Waals surface area contributed by atoms with Crippen LogP contribution in [0.1, 0.15) is 22.7 Å². The van der Waals surface area contributed by atoms with Crippen molar-refractivity contribution < 1.29 is 4.39 Å². The number of hydrogen-bond donors (Lipinski definition) is 1. The second-order valence-electron chi connectivity index (χ2n) is 4.83. The predicted molar refractivity (Wildman–Crippen MR) is 88.5 cm³/mol. The molecule has 2 aromatic carbocycles. The first kappa shape index (κ1) is 15.7. The normalized spacial score (nSPS) is 12.4. The van der Waals surface area contributed by atoms with E-state index in [1.807, 2.05) is 13.1 Å². The summed E-state index contributed by atoms with van der Waals surface area (Å²) >= 11 is 6.89. The van der Waals surface area contributed by atoms with Gasteiger partial charge in [-0.3, -0.25) is 0 Å². The molecule has 0 aliphatic heterocycles. The number of nitrogens with one attached hydrogen (secondary N) is 1. The minimum absolute atomic E-state index is 0.153. The van der Waals surface area contributed by atoms with Crippen LogP contribution in [-0.2, 0) is 6.42 Å². The van der Waals surface area contributed by atoms with E-state index in [1.54, 1.807) is 6.07 Å². The zero-order chi connectivity index (χ0) is 14.7. The van der Waals surface area contributed by atoms with Crippen molar-refractivity contribution >= 4 is 31.9 Å². The van der Waals surface area contributed by atoms with Crippen molar-refractivity contribution in [1.82, 2.24) is 5.32 Å². The number of aryl methyl sites for hydroxylation is 1. The molecule has 0 radical (unpaired) electrons. The summed E-state index contributed by atoms with van der Waals surface area (Å²) in [5.41, 5.74) is 3.36. The Balaban J connectivity index is 2.26. The summed E-state index contributed by atoms with van der Waals surface area (Å²) in [5.74, 6) is -0.214. The van der Waals surface area contributed by atoms with E-state index in [-0.39, 0.29) is 11.9 Å². The van der Waals surface area contributed by atoms with E-state index in [0.29, 0.717) is 0 Å². The molecule has 1 unspecified atom stereocenters. The standard InChI is InChI=1S/C16H16Br2FN/c1-10-3-4-12(8-15(10)18)16(20-2)7-11-5-13(17)9-14(19)6-11/h3-6,8-9,16,20H,7H2,1-2H3. The molecule has 0 aliphatic rings. The fourth-order valence-electron chi connectivity index (χ4n) is 2.18. The molecule has 0 bridgehead atoms. The topological polar surface area (TPSA) is 12.0 Å². The molecule has 2 rings (SSSR count). The fourth-order valence-corrected chi connectivity index (χ4v) is 3.09. The number of likely N-dealkylation sites (N-methyl/N-ethyl adjacent to an activating group) is 1. The summed E-state index contributed by atoms with van der Waals surface area (Å²) < 4.78 is 15.3. The molecule has 0 aromatic heterocycles. The Bertz CT molecular complexity index is 593. The summed E-state index contributed by atoms with van der Waals surface area (Å²) in [6.45, 7) is 2.06. The summed E-state index contributed by atoms with van der Waals surface area (Å²) in [6.07, 6.45) is 0.738. The van der Waals surface area contributed by atoms with Crippen LogP contribution in [0.15, 0.2) is 45.3 Å². The van der Waals surface area contributed by atoms with E-state index in [9.17, 15) is 4.39 Å². The number of halogens is 3. The Kier molecular flexibility index (Phi) is 5.35. The Morgan fingerprint density at radius 3 is 2.50 bits per heavy atom. The fraction of sp³-hybridized carbons (Fsp3) is 0.250. The van der Waals surface area contributed by atoms with Gasteiger partial charge in [-0.15, -0.1) is 0 Å². The lowest BCUT2D eigenvalue weighted by Gasteiger charge is -2.18. The largest absolute Gasteiger partial charge is 0.313 e. The monoisotopic (exact) mass is 399 g/mol. The summed E-state index contributed by atoms with van der Waals surface area (Å²) in [4.78, 5) is 0. The minimum atomic E-state index is -0.214. The van der Waals surface area contributed by atoms with Crippen LogP contribution in [0.2, 0.25) is 0 Å². The smallest absolute Gasteiger partial charge is 0.124 e. The molecule has 0 aliphatic carbocycles. The minimum Gasteiger partial charge on any atom is -0.313 e. The predicted octanol–water partition coefficient (Wildman–Crippen LogP) is 5.16. The third kappa shape index (κ3) is 3.90. The van der Waals surface area contributed by atoms with Crippen molar-refractivity contribution in [2.24, 2.45) is 0 Å². The van der Waals surface area contributed by atoms with E-state index in [1.165, 1.54) is 17.2 Å². The Hall–Kier alpha value is -0.710. The van der Waals surface area contributed by atoms with Gasteiger partial charge in [-0.1, -0.05) is 44.0 Å². The van der Waals surface area contributed by atoms with E-state index >= 15 is 0 Å². The van der Waals surface area contributed by atoms with Crippen molar-refractivity contribution in [3.63, 3.8) is 0 Å². The zero-order valence-electron chi connectivity index (χ0n) is 11.4. The van der Waals surface area contributed by atoms with Crippen LogP contribution in [0.5, 0.6) is 0 Å². The summed E-state index contributed by atoms with van der Waals surface area (Å²) in [7, 11) is 1.92. The van der Waals surface area contributed by atoms with Gasteiger partial charge in [0, 0.05) is 15.0 Å². The molecule has 0 saturated heterocycles. The van der Waals surface area contributed by atoms with Gasteiger partial charge in [0.25, 0.3) is 0 Å². The molecule has 0 spiro atoms. The Morgan fingerprint density at radius 1 is 1.15 bits per heavy atom. The molecule has 2 aromatic rings. The van der Waals surface area contributed by atoms with Crippen molar-refractivity contribution in [3.05, 3.63) is 67.9 Å². The summed E-state index contributed by atoms with van der Waals surface area (Å²) in [6, 6.07) is 11.5. The highest BCUT2D eigenvalue weighted by atomic mass is 79.9.